The summed E-state index contributed by atoms with van der Waals surface area (Å²) in [6.45, 7) is 4.61. The second-order valence-corrected chi connectivity index (χ2v) is 7.81. The van der Waals surface area contributed by atoms with E-state index in [2.05, 4.69) is 9.88 Å². The Hall–Kier alpha value is -1.67. The molecule has 0 spiro atoms. The van der Waals surface area contributed by atoms with E-state index in [0.717, 1.165) is 10.7 Å². The number of thiazole rings is 1. The molecule has 0 aliphatic carbocycles. The van der Waals surface area contributed by atoms with Crippen LogP contribution >= 0.6 is 11.3 Å². The molecule has 1 aromatic heterocycles. The van der Waals surface area contributed by atoms with Crippen molar-refractivity contribution >= 4 is 23.3 Å². The standard InChI is InChI=1S/C15H22N4O3S/c1-10-16-12(7-23-10)6-18-4-11-5-19(14(22)17(2)3)9-15(11,8-18)13(20)21/h7,11H,4-6,8-9H2,1-3H3,(H,20,21)/t11-,15-/m0/s1. The monoisotopic (exact) mass is 338 g/mol. The molecule has 23 heavy (non-hydrogen) atoms. The Bertz CT molecular complexity index is 632. The number of hydrogen-bond donors (Lipinski definition) is 1. The number of rotatable bonds is 3. The molecule has 0 unspecified atom stereocenters. The third-order valence-electron chi connectivity index (χ3n) is 4.81. The highest BCUT2D eigenvalue weighted by Crippen LogP contribution is 2.43. The summed E-state index contributed by atoms with van der Waals surface area (Å²) in [5, 5.41) is 12.9. The summed E-state index contributed by atoms with van der Waals surface area (Å²) in [5.74, 6) is -0.822. The maximum absolute atomic E-state index is 12.2. The Morgan fingerprint density at radius 3 is 2.70 bits per heavy atom. The molecule has 3 rings (SSSR count). The van der Waals surface area contributed by atoms with Gasteiger partial charge in [-0.25, -0.2) is 9.78 Å². The smallest absolute Gasteiger partial charge is 0.319 e. The van der Waals surface area contributed by atoms with Gasteiger partial charge in [0.25, 0.3) is 0 Å². The van der Waals surface area contributed by atoms with Gasteiger partial charge in [0.15, 0.2) is 0 Å². The zero-order chi connectivity index (χ0) is 16.8. The second kappa shape index (κ2) is 5.76. The Morgan fingerprint density at radius 2 is 2.17 bits per heavy atom. The lowest BCUT2D eigenvalue weighted by molar-refractivity contribution is -0.148. The van der Waals surface area contributed by atoms with Crippen LogP contribution in [0.2, 0.25) is 0 Å². The van der Waals surface area contributed by atoms with Gasteiger partial charge in [-0.15, -0.1) is 11.3 Å². The predicted octanol–water partition coefficient (Wildman–Crippen LogP) is 0.952. The molecule has 3 heterocycles. The van der Waals surface area contributed by atoms with Crippen LogP contribution in [-0.4, -0.2) is 77.1 Å². The number of aryl methyl sites for hydroxylation is 1. The molecule has 0 radical (unpaired) electrons. The van der Waals surface area contributed by atoms with Crippen LogP contribution in [0, 0.1) is 18.3 Å². The summed E-state index contributed by atoms with van der Waals surface area (Å²) in [6, 6.07) is -0.110. The Morgan fingerprint density at radius 1 is 1.43 bits per heavy atom. The SMILES string of the molecule is Cc1nc(CN2C[C@H]3CN(C(=O)N(C)C)C[C@@]3(C(=O)O)C2)cs1. The predicted molar refractivity (Wildman–Crippen MR) is 86.3 cm³/mol. The summed E-state index contributed by atoms with van der Waals surface area (Å²) in [5.41, 5.74) is 0.144. The number of nitrogens with zero attached hydrogens (tertiary/aromatic N) is 4. The highest BCUT2D eigenvalue weighted by Gasteiger charge is 2.58. The first-order valence-electron chi connectivity index (χ1n) is 7.65. The minimum Gasteiger partial charge on any atom is -0.481 e. The van der Waals surface area contributed by atoms with E-state index in [1.807, 2.05) is 12.3 Å². The number of carboxylic acid groups (broad SMARTS) is 1. The summed E-state index contributed by atoms with van der Waals surface area (Å²) in [7, 11) is 3.39. The van der Waals surface area contributed by atoms with Gasteiger partial charge in [0.05, 0.1) is 10.7 Å². The number of aliphatic carboxylic acids is 1. The number of urea groups is 1. The van der Waals surface area contributed by atoms with E-state index < -0.39 is 11.4 Å². The molecular formula is C15H22N4O3S. The van der Waals surface area contributed by atoms with Crippen molar-refractivity contribution in [2.24, 2.45) is 11.3 Å². The van der Waals surface area contributed by atoms with E-state index in [-0.39, 0.29) is 18.5 Å². The van der Waals surface area contributed by atoms with Crippen molar-refractivity contribution < 1.29 is 14.7 Å². The molecule has 0 saturated carbocycles. The van der Waals surface area contributed by atoms with Crippen molar-refractivity contribution in [2.75, 3.05) is 40.3 Å². The topological polar surface area (TPSA) is 77.0 Å². The highest BCUT2D eigenvalue weighted by atomic mass is 32.1. The average molecular weight is 338 g/mol. The number of aromatic nitrogens is 1. The molecule has 2 fully saturated rings. The second-order valence-electron chi connectivity index (χ2n) is 6.74. The maximum atomic E-state index is 12.2. The Labute approximate surface area is 139 Å². The number of likely N-dealkylation sites (tertiary alicyclic amines) is 2. The lowest BCUT2D eigenvalue weighted by Crippen LogP contribution is -2.44. The quantitative estimate of drug-likeness (QED) is 0.888. The Balaban J connectivity index is 1.73. The lowest BCUT2D eigenvalue weighted by atomic mass is 9.81. The molecule has 7 nitrogen and oxygen atoms in total. The number of amides is 2. The van der Waals surface area contributed by atoms with Crippen molar-refractivity contribution in [3.8, 4) is 0 Å². The highest BCUT2D eigenvalue weighted by molar-refractivity contribution is 7.09. The molecule has 126 valence electrons. The Kier molecular flexibility index (Phi) is 4.05. The first kappa shape index (κ1) is 16.2. The third-order valence-corrected chi connectivity index (χ3v) is 5.63. The number of carbonyl (C=O) groups excluding carboxylic acids is 1. The number of fused-ring (bicyclic) bond motifs is 1. The zero-order valence-electron chi connectivity index (χ0n) is 13.7. The van der Waals surface area contributed by atoms with Crippen molar-refractivity contribution in [2.45, 2.75) is 13.5 Å². The number of carbonyl (C=O) groups is 2. The van der Waals surface area contributed by atoms with Gasteiger partial charge in [-0.3, -0.25) is 9.69 Å². The van der Waals surface area contributed by atoms with E-state index in [0.29, 0.717) is 26.2 Å². The number of carboxylic acids is 1. The van der Waals surface area contributed by atoms with Crippen LogP contribution in [0.5, 0.6) is 0 Å². The van der Waals surface area contributed by atoms with E-state index in [4.69, 9.17) is 0 Å². The molecule has 2 aliphatic rings. The minimum atomic E-state index is -0.850. The van der Waals surface area contributed by atoms with Crippen molar-refractivity contribution in [1.82, 2.24) is 19.7 Å². The first-order valence-corrected chi connectivity index (χ1v) is 8.53. The summed E-state index contributed by atoms with van der Waals surface area (Å²) >= 11 is 1.61. The van der Waals surface area contributed by atoms with Gasteiger partial charge >= 0.3 is 12.0 Å². The normalized spacial score (nSPS) is 27.3. The number of hydrogen-bond acceptors (Lipinski definition) is 5. The van der Waals surface area contributed by atoms with Crippen LogP contribution in [0.1, 0.15) is 10.7 Å². The van der Waals surface area contributed by atoms with E-state index in [9.17, 15) is 14.7 Å². The van der Waals surface area contributed by atoms with Crippen LogP contribution < -0.4 is 0 Å². The van der Waals surface area contributed by atoms with Crippen molar-refractivity contribution in [3.05, 3.63) is 16.1 Å². The molecule has 1 N–H and O–H groups in total. The molecule has 2 atom stereocenters. The van der Waals surface area contributed by atoms with Gasteiger partial charge in [0.1, 0.15) is 5.41 Å². The molecule has 2 amide bonds. The van der Waals surface area contributed by atoms with Gasteiger partial charge in [-0.2, -0.15) is 0 Å². The van der Waals surface area contributed by atoms with Gasteiger partial charge in [0, 0.05) is 58.1 Å². The van der Waals surface area contributed by atoms with E-state index >= 15 is 0 Å². The summed E-state index contributed by atoms with van der Waals surface area (Å²) < 4.78 is 0. The molecule has 8 heteroatoms. The van der Waals surface area contributed by atoms with Gasteiger partial charge in [-0.1, -0.05) is 0 Å². The van der Waals surface area contributed by atoms with Gasteiger partial charge < -0.3 is 14.9 Å². The molecule has 0 bridgehead atoms. The summed E-state index contributed by atoms with van der Waals surface area (Å²) in [6.07, 6.45) is 0. The molecule has 2 aliphatic heterocycles. The molecular weight excluding hydrogens is 316 g/mol. The van der Waals surface area contributed by atoms with Gasteiger partial charge in [-0.05, 0) is 6.92 Å². The van der Waals surface area contributed by atoms with E-state index in [1.165, 1.54) is 4.90 Å². The molecule has 2 saturated heterocycles. The first-order chi connectivity index (χ1) is 10.8. The lowest BCUT2D eigenvalue weighted by Gasteiger charge is -2.26. The van der Waals surface area contributed by atoms with Crippen molar-refractivity contribution in [1.29, 1.82) is 0 Å². The fourth-order valence-corrected chi connectivity index (χ4v) is 4.33. The van der Waals surface area contributed by atoms with Crippen LogP contribution in [0.15, 0.2) is 5.38 Å². The van der Waals surface area contributed by atoms with Gasteiger partial charge in [0.2, 0.25) is 0 Å². The van der Waals surface area contributed by atoms with Crippen LogP contribution in [-0.2, 0) is 11.3 Å². The largest absolute Gasteiger partial charge is 0.481 e. The molecule has 1 aromatic rings. The molecule has 0 aromatic carbocycles. The average Bonchev–Trinajstić information content (AvgIpc) is 3.11. The summed E-state index contributed by atoms with van der Waals surface area (Å²) in [4.78, 5) is 33.9. The van der Waals surface area contributed by atoms with Crippen LogP contribution in [0.3, 0.4) is 0 Å². The van der Waals surface area contributed by atoms with Crippen molar-refractivity contribution in [3.63, 3.8) is 0 Å². The zero-order valence-corrected chi connectivity index (χ0v) is 14.5. The fraction of sp³-hybridized carbons (Fsp3) is 0.667. The maximum Gasteiger partial charge on any atom is 0.319 e. The van der Waals surface area contributed by atoms with E-state index in [1.54, 1.807) is 30.3 Å². The van der Waals surface area contributed by atoms with Crippen LogP contribution in [0.25, 0.3) is 0 Å². The minimum absolute atomic E-state index is 0.0244. The third kappa shape index (κ3) is 2.81. The van der Waals surface area contributed by atoms with Crippen LogP contribution in [0.4, 0.5) is 4.79 Å². The fourth-order valence-electron chi connectivity index (χ4n) is 3.73.